The van der Waals surface area contributed by atoms with Crippen molar-refractivity contribution in [2.45, 2.75) is 20.3 Å². The fourth-order valence-corrected chi connectivity index (χ4v) is 2.76. The first kappa shape index (κ1) is 18.5. The molecule has 2 aromatic rings. The first-order valence-corrected chi connectivity index (χ1v) is 8.59. The lowest BCUT2D eigenvalue weighted by Crippen LogP contribution is -2.30. The van der Waals surface area contributed by atoms with Gasteiger partial charge in [0, 0.05) is 42.1 Å². The Bertz CT molecular complexity index is 687. The largest absolute Gasteiger partial charge is 0.354 e. The van der Waals surface area contributed by atoms with Crippen LogP contribution in [0.2, 0.25) is 10.0 Å². The van der Waals surface area contributed by atoms with Gasteiger partial charge in [0.25, 0.3) is 5.91 Å². The molecule has 0 atom stereocenters. The number of carbonyl (C=O) groups is 1. The summed E-state index contributed by atoms with van der Waals surface area (Å²) in [6.45, 7) is 5.85. The number of nitrogens with one attached hydrogen (secondary N) is 1. The summed E-state index contributed by atoms with van der Waals surface area (Å²) in [7, 11) is 0. The normalized spacial score (nSPS) is 10.5. The van der Waals surface area contributed by atoms with Crippen LogP contribution < -0.4 is 5.32 Å². The molecular weight excluding hydrogens is 347 g/mol. The van der Waals surface area contributed by atoms with Gasteiger partial charge in [0.2, 0.25) is 5.95 Å². The number of anilines is 1. The Balaban J connectivity index is 1.91. The Hall–Kier alpha value is -1.85. The van der Waals surface area contributed by atoms with E-state index in [0.29, 0.717) is 41.2 Å². The van der Waals surface area contributed by atoms with Crippen LogP contribution in [0.4, 0.5) is 5.95 Å². The number of halogens is 2. The minimum Gasteiger partial charge on any atom is -0.354 e. The predicted molar refractivity (Wildman–Crippen MR) is 97.9 cm³/mol. The highest BCUT2D eigenvalue weighted by Crippen LogP contribution is 2.21. The number of hydrogen-bond donors (Lipinski definition) is 1. The third-order valence-corrected chi connectivity index (χ3v) is 4.23. The van der Waals surface area contributed by atoms with Crippen LogP contribution >= 0.6 is 23.2 Å². The number of nitrogens with zero attached hydrogens (tertiary/aromatic N) is 3. The number of benzene rings is 1. The topological polar surface area (TPSA) is 58.1 Å². The Morgan fingerprint density at radius 3 is 2.42 bits per heavy atom. The van der Waals surface area contributed by atoms with Gasteiger partial charge in [-0.1, -0.05) is 29.3 Å². The second-order valence-corrected chi connectivity index (χ2v) is 6.03. The van der Waals surface area contributed by atoms with Gasteiger partial charge in [-0.15, -0.1) is 0 Å². The summed E-state index contributed by atoms with van der Waals surface area (Å²) >= 11 is 12.0. The third kappa shape index (κ3) is 4.82. The van der Waals surface area contributed by atoms with Crippen LogP contribution in [-0.2, 0) is 6.42 Å². The van der Waals surface area contributed by atoms with E-state index in [0.717, 1.165) is 12.0 Å². The molecule has 0 fully saturated rings. The highest BCUT2D eigenvalue weighted by molar-refractivity contribution is 6.35. The quantitative estimate of drug-likeness (QED) is 0.806. The van der Waals surface area contributed by atoms with Gasteiger partial charge < -0.3 is 10.2 Å². The molecule has 0 radical (unpaired) electrons. The van der Waals surface area contributed by atoms with Gasteiger partial charge in [-0.05, 0) is 38.0 Å². The minimum atomic E-state index is -0.0560. The summed E-state index contributed by atoms with van der Waals surface area (Å²) in [6.07, 6.45) is 3.82. The molecule has 128 valence electrons. The molecule has 1 N–H and O–H groups in total. The molecule has 7 heteroatoms. The molecule has 1 heterocycles. The Morgan fingerprint density at radius 2 is 1.83 bits per heavy atom. The van der Waals surface area contributed by atoms with Gasteiger partial charge in [0.15, 0.2) is 0 Å². The van der Waals surface area contributed by atoms with Gasteiger partial charge in [-0.3, -0.25) is 4.79 Å². The molecule has 5 nitrogen and oxygen atoms in total. The van der Waals surface area contributed by atoms with Crippen molar-refractivity contribution in [3.8, 4) is 0 Å². The number of aromatic nitrogens is 2. The van der Waals surface area contributed by atoms with E-state index in [1.807, 2.05) is 26.0 Å². The number of rotatable bonds is 7. The van der Waals surface area contributed by atoms with Crippen LogP contribution in [0, 0.1) is 0 Å². The van der Waals surface area contributed by atoms with Crippen LogP contribution in [0.1, 0.15) is 29.8 Å². The third-order valence-electron chi connectivity index (χ3n) is 3.64. The fraction of sp³-hybridized carbons (Fsp3) is 0.353. The summed E-state index contributed by atoms with van der Waals surface area (Å²) < 4.78 is 0. The zero-order valence-electron chi connectivity index (χ0n) is 13.7. The van der Waals surface area contributed by atoms with Crippen LogP contribution in [0.25, 0.3) is 0 Å². The van der Waals surface area contributed by atoms with E-state index in [9.17, 15) is 4.79 Å². The summed E-state index contributed by atoms with van der Waals surface area (Å²) in [6, 6.07) is 5.44. The molecule has 0 aliphatic heterocycles. The van der Waals surface area contributed by atoms with E-state index in [2.05, 4.69) is 15.3 Å². The van der Waals surface area contributed by atoms with Crippen molar-refractivity contribution in [2.75, 3.05) is 25.0 Å². The molecule has 0 saturated carbocycles. The van der Waals surface area contributed by atoms with Crippen LogP contribution in [0.3, 0.4) is 0 Å². The maximum absolute atomic E-state index is 12.2. The molecule has 1 aromatic carbocycles. The summed E-state index contributed by atoms with van der Waals surface area (Å²) in [5, 5.41) is 4.38. The van der Waals surface area contributed by atoms with Crippen molar-refractivity contribution in [3.05, 3.63) is 51.8 Å². The zero-order valence-corrected chi connectivity index (χ0v) is 15.2. The van der Waals surface area contributed by atoms with E-state index in [4.69, 9.17) is 23.2 Å². The van der Waals surface area contributed by atoms with Crippen molar-refractivity contribution < 1.29 is 4.79 Å². The lowest BCUT2D eigenvalue weighted by atomic mass is 10.1. The molecule has 0 spiro atoms. The standard InChI is InChI=1S/C17H20Cl2N4O/c1-3-23(4-2)16(24)13-10-21-17(22-11-13)20-8-7-12-5-6-14(18)9-15(12)19/h5-6,9-11H,3-4,7-8H2,1-2H3,(H,20,21,22). The first-order valence-electron chi connectivity index (χ1n) is 7.84. The minimum absolute atomic E-state index is 0.0560. The van der Waals surface area contributed by atoms with E-state index in [1.54, 1.807) is 23.4 Å². The van der Waals surface area contributed by atoms with Crippen LogP contribution in [0.5, 0.6) is 0 Å². The van der Waals surface area contributed by atoms with E-state index in [-0.39, 0.29) is 5.91 Å². The summed E-state index contributed by atoms with van der Waals surface area (Å²) in [4.78, 5) is 22.3. The molecule has 24 heavy (non-hydrogen) atoms. The SMILES string of the molecule is CCN(CC)C(=O)c1cnc(NCCc2ccc(Cl)cc2Cl)nc1. The number of hydrogen-bond acceptors (Lipinski definition) is 4. The number of amides is 1. The van der Waals surface area contributed by atoms with Gasteiger partial charge in [0.1, 0.15) is 0 Å². The average Bonchev–Trinajstić information content (AvgIpc) is 2.58. The van der Waals surface area contributed by atoms with Crippen molar-refractivity contribution in [2.24, 2.45) is 0 Å². The first-order chi connectivity index (χ1) is 11.5. The molecule has 0 bridgehead atoms. The van der Waals surface area contributed by atoms with Gasteiger partial charge in [-0.25, -0.2) is 9.97 Å². The van der Waals surface area contributed by atoms with Gasteiger partial charge in [-0.2, -0.15) is 0 Å². The van der Waals surface area contributed by atoms with Crippen molar-refractivity contribution in [1.29, 1.82) is 0 Å². The molecular formula is C17H20Cl2N4O. The molecule has 1 aromatic heterocycles. The van der Waals surface area contributed by atoms with Crippen molar-refractivity contribution in [1.82, 2.24) is 14.9 Å². The Morgan fingerprint density at radius 1 is 1.17 bits per heavy atom. The maximum Gasteiger partial charge on any atom is 0.256 e. The second kappa shape index (κ2) is 8.85. The molecule has 0 unspecified atom stereocenters. The second-order valence-electron chi connectivity index (χ2n) is 5.19. The zero-order chi connectivity index (χ0) is 17.5. The lowest BCUT2D eigenvalue weighted by Gasteiger charge is -2.18. The molecule has 1 amide bonds. The van der Waals surface area contributed by atoms with Crippen molar-refractivity contribution in [3.63, 3.8) is 0 Å². The van der Waals surface area contributed by atoms with E-state index < -0.39 is 0 Å². The molecule has 0 saturated heterocycles. The van der Waals surface area contributed by atoms with Crippen molar-refractivity contribution >= 4 is 35.1 Å². The molecule has 0 aliphatic rings. The predicted octanol–water partition coefficient (Wildman–Crippen LogP) is 3.92. The van der Waals surface area contributed by atoms with Crippen LogP contribution in [0.15, 0.2) is 30.6 Å². The molecule has 0 aliphatic carbocycles. The highest BCUT2D eigenvalue weighted by Gasteiger charge is 2.13. The fourth-order valence-electron chi connectivity index (χ4n) is 2.26. The lowest BCUT2D eigenvalue weighted by molar-refractivity contribution is 0.0772. The molecule has 2 rings (SSSR count). The summed E-state index contributed by atoms with van der Waals surface area (Å²) in [5.74, 6) is 0.427. The monoisotopic (exact) mass is 366 g/mol. The van der Waals surface area contributed by atoms with E-state index in [1.165, 1.54) is 0 Å². The highest BCUT2D eigenvalue weighted by atomic mass is 35.5. The van der Waals surface area contributed by atoms with Crippen LogP contribution in [-0.4, -0.2) is 40.4 Å². The number of carbonyl (C=O) groups excluding carboxylic acids is 1. The average molecular weight is 367 g/mol. The maximum atomic E-state index is 12.2. The van der Waals surface area contributed by atoms with Gasteiger partial charge >= 0.3 is 0 Å². The smallest absolute Gasteiger partial charge is 0.256 e. The van der Waals surface area contributed by atoms with Gasteiger partial charge in [0.05, 0.1) is 5.56 Å². The van der Waals surface area contributed by atoms with E-state index >= 15 is 0 Å². The Labute approximate surface area is 152 Å². The summed E-state index contributed by atoms with van der Waals surface area (Å²) in [5.41, 5.74) is 1.49. The Kier molecular flexibility index (Phi) is 6.82.